The van der Waals surface area contributed by atoms with E-state index in [1.807, 2.05) is 78.9 Å². The van der Waals surface area contributed by atoms with Crippen molar-refractivity contribution in [3.05, 3.63) is 213 Å². The number of halogens is 1. The topological polar surface area (TPSA) is 257 Å². The normalized spacial score (nSPS) is 20.2. The molecule has 7 aromatic rings. The van der Waals surface area contributed by atoms with Crippen molar-refractivity contribution in [1.29, 1.82) is 5.26 Å². The third kappa shape index (κ3) is 13.5. The SMILES string of the molecule is COc1ccc(C(OC[C@H]2O[C@@H](n3ccc(NC(=O)c4ccccc4)nc3=O)[C@H](OC)[C@@H]2CC(=O)NC[C@H]2O[C@@H](n3ccc(NC(=O)c4ccccc4)nc3=O)[C@H](F)[C@@H]2N(CCC#N)P(=O)(C(C)C)C(C)C)(c2ccccc2)c2ccc(OC)cc2)cc1. The van der Waals surface area contributed by atoms with Crippen molar-refractivity contribution in [2.24, 2.45) is 5.92 Å². The van der Waals surface area contributed by atoms with Crippen molar-refractivity contribution in [1.82, 2.24) is 29.1 Å². The van der Waals surface area contributed by atoms with Gasteiger partial charge in [0.15, 0.2) is 25.9 Å². The third-order valence-corrected chi connectivity index (χ3v) is 20.3. The zero-order valence-electron chi connectivity index (χ0n) is 49.8. The third-order valence-electron chi connectivity index (χ3n) is 16.1. The molecule has 2 aliphatic rings. The summed E-state index contributed by atoms with van der Waals surface area (Å²) >= 11 is 0. The summed E-state index contributed by atoms with van der Waals surface area (Å²) in [5.41, 5.74) is -1.38. The van der Waals surface area contributed by atoms with Crippen molar-refractivity contribution in [2.45, 2.75) is 100 Å². The predicted octanol–water partition coefficient (Wildman–Crippen LogP) is 8.98. The lowest BCUT2D eigenvalue weighted by molar-refractivity contribution is -0.125. The summed E-state index contributed by atoms with van der Waals surface area (Å²) in [7, 11) is 0.979. The van der Waals surface area contributed by atoms with Gasteiger partial charge >= 0.3 is 11.4 Å². The molecular formula is C65H71FN9O12P. The molecule has 0 saturated carbocycles. The molecule has 460 valence electrons. The first-order chi connectivity index (χ1) is 42.4. The first kappa shape index (κ1) is 63.8. The van der Waals surface area contributed by atoms with Crippen LogP contribution in [-0.4, -0.2) is 124 Å². The van der Waals surface area contributed by atoms with Crippen LogP contribution in [0.15, 0.2) is 174 Å². The molecule has 5 aromatic carbocycles. The van der Waals surface area contributed by atoms with E-state index in [-0.39, 0.29) is 44.2 Å². The van der Waals surface area contributed by atoms with Gasteiger partial charge in [0, 0.05) is 73.8 Å². The van der Waals surface area contributed by atoms with Gasteiger partial charge in [0.05, 0.1) is 45.1 Å². The van der Waals surface area contributed by atoms with Crippen LogP contribution in [0.3, 0.4) is 0 Å². The Kier molecular flexibility index (Phi) is 20.6. The molecule has 2 saturated heterocycles. The molecule has 0 unspecified atom stereocenters. The maximum Gasteiger partial charge on any atom is 0.351 e. The first-order valence-corrected chi connectivity index (χ1v) is 30.6. The number of nitriles is 1. The van der Waals surface area contributed by atoms with Gasteiger partial charge in [-0.25, -0.2) is 18.6 Å². The fourth-order valence-corrected chi connectivity index (χ4v) is 15.2. The first-order valence-electron chi connectivity index (χ1n) is 28.8. The monoisotopic (exact) mass is 1220 g/mol. The molecule has 88 heavy (non-hydrogen) atoms. The molecule has 21 nitrogen and oxygen atoms in total. The summed E-state index contributed by atoms with van der Waals surface area (Å²) in [6.45, 7) is 6.32. The summed E-state index contributed by atoms with van der Waals surface area (Å²) in [5, 5.41) is 18.1. The standard InChI is InChI=1S/C65H71FN9O12P/c1-41(2)88(81,42(3)4)75(35-17-34-67)57-51(86-61(56(57)66)73-36-32-53(71-63(73)79)69-59(77)43-18-11-8-12-19-43)39-68-55(76)38-50-52(87-62(58(50)84-7)74-37-33-54(72-64(74)80)70-60(78)44-20-13-9-14-21-44)40-85-65(45-22-15-10-16-23-45,46-24-28-48(82-5)29-25-46)47-26-30-49(83-6)31-27-47/h8-16,18-33,36-37,41-42,50-52,56-58,61-62H,17,35,38-40H2,1-7H3,(H,68,76)(H,69,71,77,79)(H,70,72,78,80)/t50-,51-,52-,56-,57-,58-,61-,62-/m1/s1. The van der Waals surface area contributed by atoms with E-state index in [4.69, 9.17) is 28.4 Å². The second-order valence-electron chi connectivity index (χ2n) is 21.8. The lowest BCUT2D eigenvalue weighted by Gasteiger charge is -2.42. The maximum atomic E-state index is 17.8. The molecule has 3 N–H and O–H groups in total. The maximum absolute atomic E-state index is 17.8. The van der Waals surface area contributed by atoms with Crippen LogP contribution in [0.1, 0.15) is 90.4 Å². The molecule has 2 aliphatic heterocycles. The van der Waals surface area contributed by atoms with Gasteiger partial charge in [-0.1, -0.05) is 119 Å². The molecule has 2 aromatic heterocycles. The Morgan fingerprint density at radius 3 is 1.60 bits per heavy atom. The Bertz CT molecular complexity index is 3680. The van der Waals surface area contributed by atoms with Crippen LogP contribution in [0.4, 0.5) is 16.0 Å². The van der Waals surface area contributed by atoms with Crippen molar-refractivity contribution in [2.75, 3.05) is 51.7 Å². The number of amides is 3. The Labute approximate surface area is 509 Å². The van der Waals surface area contributed by atoms with Crippen LogP contribution < -0.4 is 36.8 Å². The van der Waals surface area contributed by atoms with E-state index < -0.39 is 102 Å². The van der Waals surface area contributed by atoms with E-state index in [0.717, 1.165) is 10.1 Å². The number of alkyl halides is 1. The molecule has 0 spiro atoms. The van der Waals surface area contributed by atoms with Gasteiger partial charge in [-0.05, 0) is 77.4 Å². The molecule has 3 amide bonds. The smallest absolute Gasteiger partial charge is 0.351 e. The highest BCUT2D eigenvalue weighted by molar-refractivity contribution is 7.62. The number of nitrogens with zero attached hydrogens (tertiary/aromatic N) is 6. The number of methoxy groups -OCH3 is 3. The lowest BCUT2D eigenvalue weighted by atomic mass is 9.79. The molecule has 0 radical (unpaired) electrons. The van der Waals surface area contributed by atoms with Crippen LogP contribution in [-0.2, 0) is 33.9 Å². The fourth-order valence-electron chi connectivity index (χ4n) is 11.7. The number of anilines is 2. The average Bonchev–Trinajstić information content (AvgIpc) is 1.57. The molecule has 2 fully saturated rings. The van der Waals surface area contributed by atoms with E-state index in [2.05, 4.69) is 32.0 Å². The van der Waals surface area contributed by atoms with E-state index in [1.54, 1.807) is 103 Å². The highest BCUT2D eigenvalue weighted by atomic mass is 31.2. The lowest BCUT2D eigenvalue weighted by Crippen LogP contribution is -2.50. The Balaban J connectivity index is 1.06. The summed E-state index contributed by atoms with van der Waals surface area (Å²) in [5.74, 6) is -1.44. The van der Waals surface area contributed by atoms with Crippen LogP contribution in [0.5, 0.6) is 11.5 Å². The van der Waals surface area contributed by atoms with Crippen molar-refractivity contribution in [3.63, 3.8) is 0 Å². The van der Waals surface area contributed by atoms with Gasteiger partial charge in [0.2, 0.25) is 5.91 Å². The molecule has 0 aliphatic carbocycles. The Hall–Kier alpha value is -8.68. The summed E-state index contributed by atoms with van der Waals surface area (Å²) in [4.78, 5) is 77.4. The van der Waals surface area contributed by atoms with Gasteiger partial charge in [0.1, 0.15) is 34.8 Å². The summed E-state index contributed by atoms with van der Waals surface area (Å²) < 4.78 is 74.9. The zero-order chi connectivity index (χ0) is 62.7. The van der Waals surface area contributed by atoms with E-state index >= 15 is 8.96 Å². The van der Waals surface area contributed by atoms with Crippen molar-refractivity contribution < 1.29 is 51.8 Å². The van der Waals surface area contributed by atoms with Gasteiger partial charge in [-0.2, -0.15) is 15.2 Å². The minimum atomic E-state index is -3.58. The second-order valence-corrected chi connectivity index (χ2v) is 25.8. The average molecular weight is 1220 g/mol. The number of carbonyl (C=O) groups excluding carboxylic acids is 3. The predicted molar refractivity (Wildman–Crippen MR) is 327 cm³/mol. The van der Waals surface area contributed by atoms with Gasteiger partial charge < -0.3 is 48.9 Å². The quantitative estimate of drug-likeness (QED) is 0.0356. The van der Waals surface area contributed by atoms with Crippen molar-refractivity contribution >= 4 is 36.6 Å². The Morgan fingerprint density at radius 2 is 1.15 bits per heavy atom. The molecule has 23 heteroatoms. The molecular weight excluding hydrogens is 1150 g/mol. The number of aromatic nitrogens is 4. The number of rotatable bonds is 25. The number of hydrogen-bond donors (Lipinski definition) is 3. The Morgan fingerprint density at radius 1 is 0.682 bits per heavy atom. The summed E-state index contributed by atoms with van der Waals surface area (Å²) in [6.07, 6.45) is -6.14. The van der Waals surface area contributed by atoms with Gasteiger partial charge in [0.25, 0.3) is 11.8 Å². The van der Waals surface area contributed by atoms with E-state index in [0.29, 0.717) is 33.8 Å². The molecule has 0 bridgehead atoms. The second kappa shape index (κ2) is 28.4. The summed E-state index contributed by atoms with van der Waals surface area (Å²) in [6, 6.07) is 44.6. The van der Waals surface area contributed by atoms with Crippen LogP contribution >= 0.6 is 7.29 Å². The van der Waals surface area contributed by atoms with Crippen LogP contribution in [0.2, 0.25) is 0 Å². The number of nitrogens with one attached hydrogen (secondary N) is 3. The number of hydrogen-bond acceptors (Lipinski definition) is 15. The fraction of sp³-hybridized carbons (Fsp3) is 0.354. The number of benzene rings is 5. The zero-order valence-corrected chi connectivity index (χ0v) is 50.7. The largest absolute Gasteiger partial charge is 0.497 e. The highest BCUT2D eigenvalue weighted by Crippen LogP contribution is 2.61. The van der Waals surface area contributed by atoms with E-state index in [9.17, 15) is 29.2 Å². The highest BCUT2D eigenvalue weighted by Gasteiger charge is 2.55. The van der Waals surface area contributed by atoms with Gasteiger partial charge in [-0.15, -0.1) is 0 Å². The minimum absolute atomic E-state index is 0.0236. The minimum Gasteiger partial charge on any atom is -0.497 e. The molecule has 9 rings (SSSR count). The molecule has 8 atom stereocenters. The number of ether oxygens (including phenoxy) is 6. The van der Waals surface area contributed by atoms with Crippen LogP contribution in [0.25, 0.3) is 0 Å². The molecule has 4 heterocycles. The number of carbonyl (C=O) groups is 3. The van der Waals surface area contributed by atoms with Gasteiger partial charge in [-0.3, -0.25) is 23.5 Å². The van der Waals surface area contributed by atoms with Crippen LogP contribution in [0, 0.1) is 17.2 Å². The van der Waals surface area contributed by atoms with E-state index in [1.165, 1.54) is 40.9 Å². The van der Waals surface area contributed by atoms with Crippen molar-refractivity contribution in [3.8, 4) is 17.6 Å².